The summed E-state index contributed by atoms with van der Waals surface area (Å²) in [7, 11) is 0. The number of rotatable bonds is 8. The molecule has 12 aliphatic carbocycles. The van der Waals surface area contributed by atoms with Crippen LogP contribution < -0.4 is 0 Å². The minimum atomic E-state index is 0.932. The van der Waals surface area contributed by atoms with Gasteiger partial charge < -0.3 is 0 Å². The fraction of sp³-hybridized carbons (Fsp3) is 1.00. The summed E-state index contributed by atoms with van der Waals surface area (Å²) in [6, 6.07) is 0. The number of hydrogen-bond acceptors (Lipinski definition) is 0. The van der Waals surface area contributed by atoms with Crippen molar-refractivity contribution in [3.05, 3.63) is 0 Å². The molecule has 0 radical (unpaired) electrons. The predicted octanol–water partition coefficient (Wildman–Crippen LogP) is 20.3. The van der Waals surface area contributed by atoms with Crippen molar-refractivity contribution in [2.24, 2.45) is 142 Å². The lowest BCUT2D eigenvalue weighted by Gasteiger charge is -2.47. The van der Waals surface area contributed by atoms with E-state index >= 15 is 0 Å². The van der Waals surface area contributed by atoms with Crippen molar-refractivity contribution < 1.29 is 0 Å². The fourth-order valence-electron chi connectivity index (χ4n) is 20.0. The van der Waals surface area contributed by atoms with Gasteiger partial charge in [-0.3, -0.25) is 0 Å². The molecule has 0 aromatic carbocycles. The second-order valence-electron chi connectivity index (χ2n) is 30.2. The molecule has 0 saturated heterocycles. The van der Waals surface area contributed by atoms with Crippen LogP contribution in [0.5, 0.6) is 0 Å². The van der Waals surface area contributed by atoms with Crippen LogP contribution >= 0.6 is 0 Å². The summed E-state index contributed by atoms with van der Waals surface area (Å²) in [4.78, 5) is 0. The second kappa shape index (κ2) is 23.7. The minimum absolute atomic E-state index is 0.932. The van der Waals surface area contributed by atoms with Gasteiger partial charge in [0.2, 0.25) is 0 Å². The first-order valence-corrected chi connectivity index (χ1v) is 31.9. The van der Waals surface area contributed by atoms with E-state index in [9.17, 15) is 0 Å². The summed E-state index contributed by atoms with van der Waals surface area (Å²) in [5, 5.41) is 0. The predicted molar refractivity (Wildman–Crippen MR) is 286 cm³/mol. The molecule has 16 atom stereocenters. The maximum atomic E-state index is 2.45. The third kappa shape index (κ3) is 13.7. The van der Waals surface area contributed by atoms with Crippen molar-refractivity contribution >= 4 is 0 Å². The van der Waals surface area contributed by atoms with Crippen molar-refractivity contribution in [3.8, 4) is 0 Å². The molecule has 380 valence electrons. The summed E-state index contributed by atoms with van der Waals surface area (Å²) in [5.41, 5.74) is 0. The van der Waals surface area contributed by atoms with Gasteiger partial charge in [0.1, 0.15) is 0 Å². The van der Waals surface area contributed by atoms with E-state index in [1.54, 1.807) is 180 Å². The zero-order valence-corrected chi connectivity index (χ0v) is 45.9. The summed E-state index contributed by atoms with van der Waals surface area (Å²) >= 11 is 0. The SMILES string of the molecule is CC(C)C1C[C@@H]2CC(C3CC3)C[C@H](C1)C2.CC(C)C1C[C@@H]2CC(C3CCC3)C[C@H](C1)C2.CC(C)C1C[C@@H]2CC(C3CCCC3)C[C@H](C1)C2.CC(C)C1C[C@@H]2CC(C3CCCCC3)C[C@H](C1)C2. The van der Waals surface area contributed by atoms with Crippen LogP contribution in [0.1, 0.15) is 274 Å². The van der Waals surface area contributed by atoms with E-state index in [1.165, 1.54) is 44.4 Å². The molecule has 0 amide bonds. The maximum Gasteiger partial charge on any atom is -0.0381 e. The van der Waals surface area contributed by atoms with Gasteiger partial charge in [-0.25, -0.2) is 0 Å². The second-order valence-corrected chi connectivity index (χ2v) is 30.2. The Labute approximate surface area is 413 Å². The van der Waals surface area contributed by atoms with Crippen LogP contribution in [0, 0.1) is 142 Å². The normalized spacial score (nSPS) is 43.8. The van der Waals surface area contributed by atoms with Crippen LogP contribution in [-0.2, 0) is 0 Å². The van der Waals surface area contributed by atoms with Crippen molar-refractivity contribution in [1.82, 2.24) is 0 Å². The molecule has 0 nitrogen and oxygen atoms in total. The van der Waals surface area contributed by atoms with Gasteiger partial charge in [-0.05, 0) is 283 Å². The quantitative estimate of drug-likeness (QED) is 0.228. The van der Waals surface area contributed by atoms with Crippen LogP contribution in [0.2, 0.25) is 0 Å². The Morgan fingerprint density at radius 1 is 0.182 bits per heavy atom. The Morgan fingerprint density at radius 3 is 0.561 bits per heavy atom. The molecule has 66 heavy (non-hydrogen) atoms. The van der Waals surface area contributed by atoms with E-state index in [2.05, 4.69) is 55.4 Å². The zero-order valence-electron chi connectivity index (χ0n) is 45.9. The molecular formula is C66H116. The first kappa shape index (κ1) is 50.9. The summed E-state index contributed by atoms with van der Waals surface area (Å²) in [6.45, 7) is 19.5. The van der Waals surface area contributed by atoms with Crippen molar-refractivity contribution in [2.75, 3.05) is 0 Å². The maximum absolute atomic E-state index is 2.45. The lowest BCUT2D eigenvalue weighted by molar-refractivity contribution is 0.0355. The van der Waals surface area contributed by atoms with E-state index < -0.39 is 0 Å². The zero-order chi connectivity index (χ0) is 45.9. The fourth-order valence-corrected chi connectivity index (χ4v) is 20.0. The summed E-state index contributed by atoms with van der Waals surface area (Å²) in [5.74, 6) is 26.0. The molecule has 8 bridgehead atoms. The van der Waals surface area contributed by atoms with Crippen LogP contribution in [0.15, 0.2) is 0 Å². The van der Waals surface area contributed by atoms with Gasteiger partial charge in [0.25, 0.3) is 0 Å². The lowest BCUT2D eigenvalue weighted by atomic mass is 9.58. The van der Waals surface area contributed by atoms with E-state index in [0.717, 1.165) is 136 Å². The third-order valence-corrected chi connectivity index (χ3v) is 24.1. The molecule has 0 aromatic heterocycles. The smallest absolute Gasteiger partial charge is 0.0381 e. The molecular weight excluding hydrogens is 793 g/mol. The molecule has 0 aliphatic heterocycles. The van der Waals surface area contributed by atoms with Gasteiger partial charge in [0.05, 0.1) is 0 Å². The van der Waals surface area contributed by atoms with Gasteiger partial charge in [-0.1, -0.05) is 132 Å². The number of fused-ring (bicyclic) bond motifs is 8. The average molecular weight is 910 g/mol. The van der Waals surface area contributed by atoms with E-state index in [4.69, 9.17) is 0 Å². The Bertz CT molecular complexity index is 1330. The molecule has 12 rings (SSSR count). The highest BCUT2D eigenvalue weighted by Gasteiger charge is 2.44. The first-order valence-electron chi connectivity index (χ1n) is 31.9. The van der Waals surface area contributed by atoms with E-state index in [-0.39, 0.29) is 0 Å². The number of hydrogen-bond donors (Lipinski definition) is 0. The highest BCUT2D eigenvalue weighted by atomic mass is 14.5. The van der Waals surface area contributed by atoms with Gasteiger partial charge in [-0.2, -0.15) is 0 Å². The molecule has 12 aliphatic rings. The molecule has 0 spiro atoms. The van der Waals surface area contributed by atoms with Gasteiger partial charge >= 0.3 is 0 Å². The monoisotopic (exact) mass is 909 g/mol. The minimum Gasteiger partial charge on any atom is -0.0625 e. The summed E-state index contributed by atoms with van der Waals surface area (Å²) < 4.78 is 0. The molecule has 0 N–H and O–H groups in total. The molecule has 0 aromatic rings. The first-order chi connectivity index (χ1) is 31.9. The lowest BCUT2D eigenvalue weighted by Crippen LogP contribution is -2.36. The van der Waals surface area contributed by atoms with E-state index in [1.807, 2.05) is 0 Å². The molecule has 0 heteroatoms. The molecule has 12 saturated carbocycles. The Kier molecular flexibility index (Phi) is 18.3. The highest BCUT2D eigenvalue weighted by molar-refractivity contribution is 4.95. The standard InChI is InChI=1S/C18H32.C17H30.C16H28.C15H26/c1-13(2)17-9-14-8-15(10-17)12-18(11-14)16-6-4-3-5-7-16;1-12(2)16-8-13-7-14(9-16)11-17(10-13)15-5-3-4-6-15;1-11(2)15-7-12-6-13(8-15)10-16(9-12)14-4-3-5-14;1-10(2)14-6-11-5-12(7-14)9-15(8-11)13-3-4-13/h13-18H,3-12H2,1-2H3;12-17H,3-11H2,1-2H3;11-16H,3-10H2,1-2H3;10-15H,3-9H2,1-2H3/t14-,15+,17?,18?;13-,14+,16?,17?;12-,13+,15?,16?;11-,12+,14?,15?. The largest absolute Gasteiger partial charge is 0.0625 e. The van der Waals surface area contributed by atoms with Crippen LogP contribution in [-0.4, -0.2) is 0 Å². The van der Waals surface area contributed by atoms with Crippen LogP contribution in [0.4, 0.5) is 0 Å². The molecule has 12 fully saturated rings. The van der Waals surface area contributed by atoms with Crippen molar-refractivity contribution in [2.45, 2.75) is 274 Å². The van der Waals surface area contributed by atoms with Gasteiger partial charge in [0, 0.05) is 0 Å². The summed E-state index contributed by atoms with van der Waals surface area (Å²) in [6.07, 6.45) is 53.4. The topological polar surface area (TPSA) is 0 Å². The Hall–Kier alpha value is 0. The van der Waals surface area contributed by atoms with Crippen molar-refractivity contribution in [3.63, 3.8) is 0 Å². The Morgan fingerprint density at radius 2 is 0.379 bits per heavy atom. The molecule has 8 unspecified atom stereocenters. The van der Waals surface area contributed by atoms with E-state index in [0.29, 0.717) is 0 Å². The highest BCUT2D eigenvalue weighted by Crippen LogP contribution is 2.55. The van der Waals surface area contributed by atoms with Gasteiger partial charge in [0.15, 0.2) is 0 Å². The van der Waals surface area contributed by atoms with Crippen LogP contribution in [0.3, 0.4) is 0 Å². The molecule has 0 heterocycles. The van der Waals surface area contributed by atoms with Gasteiger partial charge in [-0.15, -0.1) is 0 Å². The average Bonchev–Trinajstić information content (AvgIpc) is 3.98. The van der Waals surface area contributed by atoms with Crippen LogP contribution in [0.25, 0.3) is 0 Å². The van der Waals surface area contributed by atoms with Crippen molar-refractivity contribution in [1.29, 1.82) is 0 Å². The third-order valence-electron chi connectivity index (χ3n) is 24.1. The Balaban J connectivity index is 0.000000111.